The molecule has 2 heterocycles. The quantitative estimate of drug-likeness (QED) is 0.668. The lowest BCUT2D eigenvalue weighted by molar-refractivity contribution is -0.138. The van der Waals surface area contributed by atoms with E-state index in [0.717, 1.165) is 6.07 Å². The summed E-state index contributed by atoms with van der Waals surface area (Å²) in [5.41, 5.74) is 0.323. The Morgan fingerprint density at radius 1 is 1.33 bits per heavy atom. The van der Waals surface area contributed by atoms with E-state index >= 15 is 0 Å². The third-order valence-corrected chi connectivity index (χ3v) is 3.75. The van der Waals surface area contributed by atoms with Crippen molar-refractivity contribution < 1.29 is 22.4 Å². The Morgan fingerprint density at radius 3 is 2.85 bits per heavy atom. The number of benzene rings is 1. The van der Waals surface area contributed by atoms with Crippen molar-refractivity contribution in [2.24, 2.45) is 0 Å². The Kier molecular flexibility index (Phi) is 5.16. The van der Waals surface area contributed by atoms with E-state index in [1.807, 2.05) is 0 Å². The number of amides is 1. The Morgan fingerprint density at radius 2 is 2.15 bits per heavy atom. The van der Waals surface area contributed by atoms with Gasteiger partial charge in [-0.25, -0.2) is 0 Å². The number of furan rings is 1. The number of nitrogens with zero attached hydrogens (tertiary/aromatic N) is 2. The number of aryl methyl sites for hydroxylation is 1. The lowest BCUT2D eigenvalue weighted by atomic mass is 10.0. The minimum absolute atomic E-state index is 0.0623. The Hall–Kier alpha value is -3.29. The molecule has 0 atom stereocenters. The van der Waals surface area contributed by atoms with E-state index in [9.17, 15) is 18.0 Å². The van der Waals surface area contributed by atoms with Crippen LogP contribution in [0.2, 0.25) is 0 Å². The number of aromatic nitrogens is 2. The number of anilines is 1. The van der Waals surface area contributed by atoms with Crippen LogP contribution in [0, 0.1) is 6.92 Å². The van der Waals surface area contributed by atoms with Gasteiger partial charge in [0.15, 0.2) is 0 Å². The molecule has 27 heavy (non-hydrogen) atoms. The van der Waals surface area contributed by atoms with Crippen molar-refractivity contribution in [3.8, 4) is 0 Å². The lowest BCUT2D eigenvalue weighted by Crippen LogP contribution is -2.12. The Balaban J connectivity index is 1.69. The van der Waals surface area contributed by atoms with Crippen molar-refractivity contribution in [2.75, 3.05) is 5.32 Å². The van der Waals surface area contributed by atoms with E-state index in [-0.39, 0.29) is 12.1 Å². The largest absolute Gasteiger partial charge is 0.465 e. The molecule has 1 N–H and O–H groups in total. The standard InChI is InChI=1S/C19H16F3N3O2/c1-13-4-5-14(17(9-13)19(20,21)22)11-25-12-15(10-23-25)24-18(26)7-6-16-3-2-8-27-16/h2-10,12H,11H2,1H3,(H,24,26)/b7-6+. The van der Waals surface area contributed by atoms with Crippen LogP contribution in [0.25, 0.3) is 6.08 Å². The highest BCUT2D eigenvalue weighted by molar-refractivity contribution is 6.01. The van der Waals surface area contributed by atoms with Gasteiger partial charge in [0, 0.05) is 12.3 Å². The van der Waals surface area contributed by atoms with E-state index in [0.29, 0.717) is 17.0 Å². The fourth-order valence-corrected chi connectivity index (χ4v) is 2.51. The summed E-state index contributed by atoms with van der Waals surface area (Å²) in [6.45, 7) is 1.55. The monoisotopic (exact) mass is 375 g/mol. The zero-order valence-electron chi connectivity index (χ0n) is 14.3. The van der Waals surface area contributed by atoms with Gasteiger partial charge >= 0.3 is 6.18 Å². The normalized spacial score (nSPS) is 11.9. The van der Waals surface area contributed by atoms with Crippen molar-refractivity contribution in [1.29, 1.82) is 0 Å². The van der Waals surface area contributed by atoms with E-state index in [1.54, 1.807) is 25.1 Å². The Labute approximate surface area is 153 Å². The molecule has 0 bridgehead atoms. The summed E-state index contributed by atoms with van der Waals surface area (Å²) in [7, 11) is 0. The SMILES string of the molecule is Cc1ccc(Cn2cc(NC(=O)/C=C/c3ccco3)cn2)c(C(F)(F)F)c1. The molecule has 0 aliphatic rings. The zero-order chi connectivity index (χ0) is 19.4. The van der Waals surface area contributed by atoms with E-state index in [2.05, 4.69) is 10.4 Å². The van der Waals surface area contributed by atoms with Crippen LogP contribution < -0.4 is 5.32 Å². The average Bonchev–Trinajstić information content (AvgIpc) is 3.26. The molecule has 0 aliphatic carbocycles. The third kappa shape index (κ3) is 4.87. The zero-order valence-corrected chi connectivity index (χ0v) is 14.3. The van der Waals surface area contributed by atoms with Crippen molar-refractivity contribution in [1.82, 2.24) is 9.78 Å². The van der Waals surface area contributed by atoms with E-state index < -0.39 is 17.6 Å². The van der Waals surface area contributed by atoms with Crippen LogP contribution in [0.1, 0.15) is 22.5 Å². The molecule has 0 radical (unpaired) electrons. The van der Waals surface area contributed by atoms with Gasteiger partial charge in [0.1, 0.15) is 5.76 Å². The number of hydrogen-bond acceptors (Lipinski definition) is 3. The maximum Gasteiger partial charge on any atom is 0.416 e. The first-order valence-electron chi connectivity index (χ1n) is 8.03. The number of hydrogen-bond donors (Lipinski definition) is 1. The fraction of sp³-hybridized carbons (Fsp3) is 0.158. The molecular weight excluding hydrogens is 359 g/mol. The van der Waals surface area contributed by atoms with Gasteiger partial charge in [0.05, 0.1) is 30.3 Å². The average molecular weight is 375 g/mol. The molecular formula is C19H16F3N3O2. The highest BCUT2D eigenvalue weighted by atomic mass is 19.4. The van der Waals surface area contributed by atoms with Gasteiger partial charge in [-0.2, -0.15) is 18.3 Å². The fourth-order valence-electron chi connectivity index (χ4n) is 2.51. The number of halogens is 3. The van der Waals surface area contributed by atoms with E-state index in [1.165, 1.54) is 41.6 Å². The van der Waals surface area contributed by atoms with Crippen LogP contribution in [-0.2, 0) is 17.5 Å². The molecule has 5 nitrogen and oxygen atoms in total. The molecule has 140 valence electrons. The molecule has 3 rings (SSSR count). The summed E-state index contributed by atoms with van der Waals surface area (Å²) in [6, 6.07) is 7.56. The van der Waals surface area contributed by atoms with Crippen molar-refractivity contribution in [3.05, 3.63) is 77.5 Å². The van der Waals surface area contributed by atoms with E-state index in [4.69, 9.17) is 4.42 Å². The Bertz CT molecular complexity index is 957. The summed E-state index contributed by atoms with van der Waals surface area (Å²) in [5, 5.41) is 6.60. The lowest BCUT2D eigenvalue weighted by Gasteiger charge is -2.13. The van der Waals surface area contributed by atoms with Gasteiger partial charge in [-0.1, -0.05) is 17.7 Å². The van der Waals surface area contributed by atoms with Crippen molar-refractivity contribution in [2.45, 2.75) is 19.6 Å². The molecule has 0 saturated carbocycles. The number of alkyl halides is 3. The molecule has 2 aromatic heterocycles. The van der Waals surface area contributed by atoms with Gasteiger partial charge in [-0.3, -0.25) is 9.48 Å². The first-order chi connectivity index (χ1) is 12.8. The van der Waals surface area contributed by atoms with Crippen molar-refractivity contribution >= 4 is 17.7 Å². The molecule has 3 aromatic rings. The van der Waals surface area contributed by atoms with Crippen LogP contribution >= 0.6 is 0 Å². The van der Waals surface area contributed by atoms with Crippen LogP contribution in [0.5, 0.6) is 0 Å². The topological polar surface area (TPSA) is 60.1 Å². The maximum absolute atomic E-state index is 13.2. The number of nitrogens with one attached hydrogen (secondary N) is 1. The van der Waals surface area contributed by atoms with Gasteiger partial charge in [-0.05, 0) is 36.8 Å². The van der Waals surface area contributed by atoms with Gasteiger partial charge in [0.2, 0.25) is 5.91 Å². The smallest absolute Gasteiger partial charge is 0.416 e. The predicted molar refractivity (Wildman–Crippen MR) is 93.9 cm³/mol. The number of rotatable bonds is 5. The highest BCUT2D eigenvalue weighted by Gasteiger charge is 2.33. The van der Waals surface area contributed by atoms with Gasteiger partial charge in [-0.15, -0.1) is 0 Å². The minimum Gasteiger partial charge on any atom is -0.465 e. The molecule has 0 unspecified atom stereocenters. The molecule has 0 spiro atoms. The molecule has 1 aromatic carbocycles. The second kappa shape index (κ2) is 7.53. The van der Waals surface area contributed by atoms with Gasteiger partial charge in [0.25, 0.3) is 0 Å². The molecule has 0 aliphatic heterocycles. The second-order valence-corrected chi connectivity index (χ2v) is 5.92. The molecule has 0 saturated heterocycles. The third-order valence-electron chi connectivity index (χ3n) is 3.75. The summed E-state index contributed by atoms with van der Waals surface area (Å²) in [4.78, 5) is 11.9. The summed E-state index contributed by atoms with van der Waals surface area (Å²) in [6.07, 6.45) is 2.68. The molecule has 0 fully saturated rings. The minimum atomic E-state index is -4.44. The summed E-state index contributed by atoms with van der Waals surface area (Å²) in [5.74, 6) is 0.122. The number of carbonyl (C=O) groups is 1. The maximum atomic E-state index is 13.2. The van der Waals surface area contributed by atoms with Crippen LogP contribution in [0.3, 0.4) is 0 Å². The molecule has 8 heteroatoms. The predicted octanol–water partition coefficient (Wildman–Crippen LogP) is 4.50. The van der Waals surface area contributed by atoms with Crippen LogP contribution in [0.15, 0.2) is 59.5 Å². The number of carbonyl (C=O) groups excluding carboxylic acids is 1. The summed E-state index contributed by atoms with van der Waals surface area (Å²) >= 11 is 0. The second-order valence-electron chi connectivity index (χ2n) is 5.92. The molecule has 1 amide bonds. The van der Waals surface area contributed by atoms with Crippen LogP contribution in [-0.4, -0.2) is 15.7 Å². The van der Waals surface area contributed by atoms with Gasteiger partial charge < -0.3 is 9.73 Å². The van der Waals surface area contributed by atoms with Crippen LogP contribution in [0.4, 0.5) is 18.9 Å². The first kappa shape index (κ1) is 18.5. The highest BCUT2D eigenvalue weighted by Crippen LogP contribution is 2.33. The first-order valence-corrected chi connectivity index (χ1v) is 8.03. The van der Waals surface area contributed by atoms with Crippen molar-refractivity contribution in [3.63, 3.8) is 0 Å². The summed E-state index contributed by atoms with van der Waals surface area (Å²) < 4.78 is 46.0.